The van der Waals surface area contributed by atoms with Crippen LogP contribution in [0.2, 0.25) is 0 Å². The van der Waals surface area contributed by atoms with Crippen molar-refractivity contribution in [1.29, 1.82) is 0 Å². The van der Waals surface area contributed by atoms with Crippen LogP contribution in [-0.2, 0) is 0 Å². The second-order valence-electron chi connectivity index (χ2n) is 8.72. The number of carbonyl (C=O) groups excluding carboxylic acids is 1. The maximum atomic E-state index is 14.8. The van der Waals surface area contributed by atoms with E-state index in [9.17, 15) is 23.1 Å². The minimum Gasteiger partial charge on any atom is -0.494 e. The lowest BCUT2D eigenvalue weighted by Gasteiger charge is -2.28. The van der Waals surface area contributed by atoms with E-state index in [1.165, 1.54) is 30.3 Å². The Morgan fingerprint density at radius 1 is 0.943 bits per heavy atom. The first-order valence-corrected chi connectivity index (χ1v) is 11.7. The number of hydrogen-bond acceptors (Lipinski definition) is 4. The number of hydrogen-bond donors (Lipinski definition) is 1. The van der Waals surface area contributed by atoms with E-state index in [0.29, 0.717) is 36.3 Å². The van der Waals surface area contributed by atoms with Crippen LogP contribution in [0.1, 0.15) is 54.4 Å². The highest BCUT2D eigenvalue weighted by Gasteiger charge is 2.27. The Morgan fingerprint density at radius 2 is 1.66 bits per heavy atom. The number of ether oxygens (including phenoxy) is 2. The van der Waals surface area contributed by atoms with Gasteiger partial charge in [-0.05, 0) is 85.9 Å². The van der Waals surface area contributed by atoms with E-state index in [0.717, 1.165) is 12.8 Å². The molecule has 1 N–H and O–H groups in total. The van der Waals surface area contributed by atoms with E-state index in [1.54, 1.807) is 24.3 Å². The number of aliphatic hydroxyl groups excluding tert-OH is 1. The third-order valence-electron chi connectivity index (χ3n) is 6.51. The van der Waals surface area contributed by atoms with Crippen LogP contribution < -0.4 is 9.47 Å². The second kappa shape index (κ2) is 11.0. The van der Waals surface area contributed by atoms with Crippen LogP contribution in [0.15, 0.2) is 54.6 Å². The molecule has 0 unspecified atom stereocenters. The summed E-state index contributed by atoms with van der Waals surface area (Å²) >= 11 is 0. The predicted molar refractivity (Wildman–Crippen MR) is 126 cm³/mol. The summed E-state index contributed by atoms with van der Waals surface area (Å²) in [6.07, 6.45) is 2.86. The molecule has 0 bridgehead atoms. The van der Waals surface area contributed by atoms with Gasteiger partial charge in [0.25, 0.3) is 0 Å². The van der Waals surface area contributed by atoms with Crippen LogP contribution in [-0.4, -0.2) is 24.3 Å². The lowest BCUT2D eigenvalue weighted by molar-refractivity contribution is 0.0726. The van der Waals surface area contributed by atoms with Crippen molar-refractivity contribution in [1.82, 2.24) is 0 Å². The predicted octanol–water partition coefficient (Wildman–Crippen LogP) is 6.65. The smallest absolute Gasteiger partial charge is 0.343 e. The number of carbonyl (C=O) groups is 1. The fourth-order valence-electron chi connectivity index (χ4n) is 4.53. The number of rotatable bonds is 7. The zero-order valence-electron chi connectivity index (χ0n) is 19.4. The largest absolute Gasteiger partial charge is 0.494 e. The summed E-state index contributed by atoms with van der Waals surface area (Å²) in [5.74, 6) is -3.51. The molecule has 1 fully saturated rings. The molecule has 0 amide bonds. The van der Waals surface area contributed by atoms with Gasteiger partial charge in [0.2, 0.25) is 5.82 Å². The maximum absolute atomic E-state index is 14.8. The summed E-state index contributed by atoms with van der Waals surface area (Å²) < 4.78 is 54.3. The molecule has 1 aliphatic rings. The van der Waals surface area contributed by atoms with Crippen LogP contribution in [0.25, 0.3) is 11.1 Å². The van der Waals surface area contributed by atoms with Crippen molar-refractivity contribution >= 4 is 5.97 Å². The molecule has 0 heterocycles. The second-order valence-corrected chi connectivity index (χ2v) is 8.72. The highest BCUT2D eigenvalue weighted by Crippen LogP contribution is 2.38. The third kappa shape index (κ3) is 5.51. The van der Waals surface area contributed by atoms with Crippen molar-refractivity contribution in [2.24, 2.45) is 5.92 Å². The monoisotopic (exact) mass is 484 g/mol. The molecular weight excluding hydrogens is 457 g/mol. The molecule has 0 aliphatic heterocycles. The Kier molecular flexibility index (Phi) is 7.76. The SMILES string of the molecule is CCOc1ccc(-c2ccc(C(=O)Oc3ccc(C4CCC(CO)CC4)c(F)c3F)cc2)c(F)c1. The zero-order chi connectivity index (χ0) is 24.9. The van der Waals surface area contributed by atoms with Crippen molar-refractivity contribution in [3.05, 3.63) is 83.2 Å². The Balaban J connectivity index is 1.46. The molecule has 1 aliphatic carbocycles. The van der Waals surface area contributed by atoms with E-state index in [4.69, 9.17) is 9.47 Å². The van der Waals surface area contributed by atoms with Gasteiger partial charge in [0.15, 0.2) is 11.6 Å². The molecule has 0 radical (unpaired) electrons. The molecule has 35 heavy (non-hydrogen) atoms. The van der Waals surface area contributed by atoms with Gasteiger partial charge < -0.3 is 14.6 Å². The van der Waals surface area contributed by atoms with E-state index in [-0.39, 0.29) is 29.6 Å². The van der Waals surface area contributed by atoms with Gasteiger partial charge in [0.05, 0.1) is 12.2 Å². The molecule has 4 rings (SSSR count). The number of benzene rings is 3. The molecule has 0 atom stereocenters. The van der Waals surface area contributed by atoms with Gasteiger partial charge in [-0.25, -0.2) is 13.6 Å². The molecular formula is C28H27F3O4. The fourth-order valence-corrected chi connectivity index (χ4v) is 4.53. The van der Waals surface area contributed by atoms with Crippen molar-refractivity contribution in [3.63, 3.8) is 0 Å². The summed E-state index contributed by atoms with van der Waals surface area (Å²) in [7, 11) is 0. The average molecular weight is 485 g/mol. The lowest BCUT2D eigenvalue weighted by Crippen LogP contribution is -2.17. The first kappa shape index (κ1) is 24.8. The average Bonchev–Trinajstić information content (AvgIpc) is 2.87. The molecule has 0 saturated heterocycles. The molecule has 7 heteroatoms. The minimum atomic E-state index is -1.20. The van der Waals surface area contributed by atoms with Crippen LogP contribution in [0.3, 0.4) is 0 Å². The van der Waals surface area contributed by atoms with E-state index in [2.05, 4.69) is 0 Å². The van der Waals surface area contributed by atoms with Gasteiger partial charge in [0.1, 0.15) is 11.6 Å². The van der Waals surface area contributed by atoms with Gasteiger partial charge in [0, 0.05) is 18.2 Å². The highest BCUT2D eigenvalue weighted by atomic mass is 19.2. The first-order chi connectivity index (χ1) is 16.9. The summed E-state index contributed by atoms with van der Waals surface area (Å²) in [6.45, 7) is 2.34. The fraction of sp³-hybridized carbons (Fsp3) is 0.321. The lowest BCUT2D eigenvalue weighted by atomic mass is 9.79. The number of halogens is 3. The minimum absolute atomic E-state index is 0.106. The van der Waals surface area contributed by atoms with Gasteiger partial charge in [-0.1, -0.05) is 18.2 Å². The van der Waals surface area contributed by atoms with Gasteiger partial charge >= 0.3 is 5.97 Å². The Hall–Kier alpha value is -3.32. The molecule has 1 saturated carbocycles. The van der Waals surface area contributed by atoms with Gasteiger partial charge in [-0.2, -0.15) is 4.39 Å². The van der Waals surface area contributed by atoms with Gasteiger partial charge in [-0.3, -0.25) is 0 Å². The number of aliphatic hydroxyl groups is 1. The maximum Gasteiger partial charge on any atom is 0.343 e. The molecule has 3 aromatic rings. The zero-order valence-corrected chi connectivity index (χ0v) is 19.4. The summed E-state index contributed by atoms with van der Waals surface area (Å²) in [5.41, 5.74) is 1.26. The first-order valence-electron chi connectivity index (χ1n) is 11.7. The molecule has 0 aromatic heterocycles. The molecule has 3 aromatic carbocycles. The van der Waals surface area contributed by atoms with Crippen LogP contribution in [0.4, 0.5) is 13.2 Å². The quantitative estimate of drug-likeness (QED) is 0.301. The van der Waals surface area contributed by atoms with E-state index < -0.39 is 29.2 Å². The number of esters is 1. The highest BCUT2D eigenvalue weighted by molar-refractivity contribution is 5.91. The Morgan fingerprint density at radius 3 is 2.29 bits per heavy atom. The topological polar surface area (TPSA) is 55.8 Å². The Labute approximate surface area is 202 Å². The van der Waals surface area contributed by atoms with Crippen molar-refractivity contribution in [2.75, 3.05) is 13.2 Å². The van der Waals surface area contributed by atoms with Crippen LogP contribution in [0, 0.1) is 23.4 Å². The van der Waals surface area contributed by atoms with Crippen LogP contribution >= 0.6 is 0 Å². The van der Waals surface area contributed by atoms with Crippen molar-refractivity contribution < 1.29 is 32.5 Å². The van der Waals surface area contributed by atoms with Crippen LogP contribution in [0.5, 0.6) is 11.5 Å². The standard InChI is InChI=1S/C28H27F3O4/c1-2-34-21-11-12-22(24(29)15-21)18-7-9-20(10-8-18)28(33)35-25-14-13-23(26(30)27(25)31)19-5-3-17(16-32)4-6-19/h7-15,17,19,32H,2-6,16H2,1H3. The van der Waals surface area contributed by atoms with E-state index in [1.807, 2.05) is 6.92 Å². The summed E-state index contributed by atoms with van der Waals surface area (Å²) in [6, 6.07) is 13.3. The normalized spacial score (nSPS) is 17.7. The summed E-state index contributed by atoms with van der Waals surface area (Å²) in [5, 5.41) is 9.27. The third-order valence-corrected chi connectivity index (χ3v) is 6.51. The molecule has 4 nitrogen and oxygen atoms in total. The van der Waals surface area contributed by atoms with Crippen molar-refractivity contribution in [2.45, 2.75) is 38.5 Å². The Bertz CT molecular complexity index is 1190. The van der Waals surface area contributed by atoms with Gasteiger partial charge in [-0.15, -0.1) is 0 Å². The van der Waals surface area contributed by atoms with Crippen molar-refractivity contribution in [3.8, 4) is 22.6 Å². The summed E-state index contributed by atoms with van der Waals surface area (Å²) in [4.78, 5) is 12.5. The molecule has 0 spiro atoms. The molecule has 184 valence electrons. The van der Waals surface area contributed by atoms with E-state index >= 15 is 0 Å².